The quantitative estimate of drug-likeness (QED) is 0.483. The lowest BCUT2D eigenvalue weighted by Gasteiger charge is -2.35. The fraction of sp³-hybridized carbons (Fsp3) is 0.667. The van der Waals surface area contributed by atoms with E-state index in [0.29, 0.717) is 25.2 Å². The van der Waals surface area contributed by atoms with Crippen LogP contribution in [0.4, 0.5) is 0 Å². The van der Waals surface area contributed by atoms with Crippen LogP contribution in [0.15, 0.2) is 23.8 Å². The Hall–Kier alpha value is -1.62. The van der Waals surface area contributed by atoms with Gasteiger partial charge >= 0.3 is 11.9 Å². The van der Waals surface area contributed by atoms with Gasteiger partial charge in [0.2, 0.25) is 0 Å². The molecule has 0 aromatic rings. The van der Waals surface area contributed by atoms with Crippen molar-refractivity contribution in [3.8, 4) is 0 Å². The molecule has 0 aromatic carbocycles. The highest BCUT2D eigenvalue weighted by Crippen LogP contribution is 2.18. The number of quaternary nitrogens is 1. The maximum atomic E-state index is 12.1. The SMILES string of the molecule is CC[N+](CC)(CC)CCOC(=O)C1=CCC(COC(C)=O)C=C1. The Bertz CT molecular complexity index is 455. The van der Waals surface area contributed by atoms with Gasteiger partial charge in [-0.3, -0.25) is 4.79 Å². The van der Waals surface area contributed by atoms with Gasteiger partial charge in [0.1, 0.15) is 13.2 Å². The zero-order chi connectivity index (χ0) is 17.3. The normalized spacial score (nSPS) is 17.6. The summed E-state index contributed by atoms with van der Waals surface area (Å²) in [6, 6.07) is 0. The van der Waals surface area contributed by atoms with Gasteiger partial charge in [-0.05, 0) is 27.2 Å². The monoisotopic (exact) mass is 324 g/mol. The van der Waals surface area contributed by atoms with E-state index in [-0.39, 0.29) is 17.9 Å². The van der Waals surface area contributed by atoms with Gasteiger partial charge in [-0.15, -0.1) is 0 Å². The summed E-state index contributed by atoms with van der Waals surface area (Å²) in [5.74, 6) is -0.411. The summed E-state index contributed by atoms with van der Waals surface area (Å²) in [5, 5.41) is 0. The summed E-state index contributed by atoms with van der Waals surface area (Å²) >= 11 is 0. The number of esters is 2. The fourth-order valence-electron chi connectivity index (χ4n) is 2.72. The summed E-state index contributed by atoms with van der Waals surface area (Å²) in [4.78, 5) is 22.9. The van der Waals surface area contributed by atoms with Crippen molar-refractivity contribution in [2.75, 3.05) is 39.4 Å². The Kier molecular flexibility index (Phi) is 8.03. The number of ether oxygens (including phenoxy) is 2. The van der Waals surface area contributed by atoms with Gasteiger partial charge in [0.25, 0.3) is 0 Å². The van der Waals surface area contributed by atoms with Crippen molar-refractivity contribution in [1.82, 2.24) is 0 Å². The molecule has 0 fully saturated rings. The van der Waals surface area contributed by atoms with Crippen LogP contribution in [0.3, 0.4) is 0 Å². The highest BCUT2D eigenvalue weighted by molar-refractivity contribution is 5.91. The lowest BCUT2D eigenvalue weighted by Crippen LogP contribution is -2.49. The van der Waals surface area contributed by atoms with Crippen LogP contribution in [0.5, 0.6) is 0 Å². The molecule has 0 amide bonds. The lowest BCUT2D eigenvalue weighted by atomic mass is 9.97. The van der Waals surface area contributed by atoms with E-state index < -0.39 is 0 Å². The molecule has 0 aromatic heterocycles. The summed E-state index contributed by atoms with van der Waals surface area (Å²) in [6.45, 7) is 12.7. The Balaban J connectivity index is 2.39. The molecule has 0 heterocycles. The van der Waals surface area contributed by atoms with E-state index >= 15 is 0 Å². The maximum absolute atomic E-state index is 12.1. The average molecular weight is 324 g/mol. The number of hydrogen-bond donors (Lipinski definition) is 0. The molecule has 0 saturated heterocycles. The topological polar surface area (TPSA) is 52.6 Å². The fourth-order valence-corrected chi connectivity index (χ4v) is 2.72. The summed E-state index contributed by atoms with van der Waals surface area (Å²) < 4.78 is 11.4. The highest BCUT2D eigenvalue weighted by Gasteiger charge is 2.22. The van der Waals surface area contributed by atoms with Crippen molar-refractivity contribution in [2.24, 2.45) is 5.92 Å². The van der Waals surface area contributed by atoms with Crippen molar-refractivity contribution in [3.63, 3.8) is 0 Å². The highest BCUT2D eigenvalue weighted by atomic mass is 16.5. The van der Waals surface area contributed by atoms with Crippen LogP contribution in [0.25, 0.3) is 0 Å². The first-order valence-electron chi connectivity index (χ1n) is 8.50. The van der Waals surface area contributed by atoms with Crippen molar-refractivity contribution in [3.05, 3.63) is 23.8 Å². The van der Waals surface area contributed by atoms with E-state index in [9.17, 15) is 9.59 Å². The Morgan fingerprint density at radius 3 is 2.30 bits per heavy atom. The minimum Gasteiger partial charge on any atom is -0.465 e. The van der Waals surface area contributed by atoms with Gasteiger partial charge in [0.15, 0.2) is 0 Å². The second kappa shape index (κ2) is 9.50. The minimum absolute atomic E-state index is 0.139. The molecule has 5 nitrogen and oxygen atoms in total. The van der Waals surface area contributed by atoms with Gasteiger partial charge < -0.3 is 14.0 Å². The largest absolute Gasteiger partial charge is 0.465 e. The molecule has 5 heteroatoms. The van der Waals surface area contributed by atoms with Crippen LogP contribution in [0, 0.1) is 5.92 Å². The van der Waals surface area contributed by atoms with E-state index in [1.807, 2.05) is 12.2 Å². The first kappa shape index (κ1) is 19.4. The molecule has 130 valence electrons. The van der Waals surface area contributed by atoms with Crippen molar-refractivity contribution in [1.29, 1.82) is 0 Å². The predicted octanol–water partition coefficient (Wildman–Crippen LogP) is 2.47. The van der Waals surface area contributed by atoms with E-state index in [1.54, 1.807) is 6.08 Å². The van der Waals surface area contributed by atoms with Crippen molar-refractivity contribution in [2.45, 2.75) is 34.1 Å². The van der Waals surface area contributed by atoms with E-state index in [0.717, 1.165) is 30.7 Å². The van der Waals surface area contributed by atoms with Crippen LogP contribution in [-0.4, -0.2) is 55.8 Å². The number of likely N-dealkylation sites (N-methyl/N-ethyl adjacent to an activating group) is 1. The molecule has 0 spiro atoms. The Morgan fingerprint density at radius 1 is 1.17 bits per heavy atom. The third kappa shape index (κ3) is 6.18. The Morgan fingerprint density at radius 2 is 1.83 bits per heavy atom. The van der Waals surface area contributed by atoms with Crippen LogP contribution < -0.4 is 0 Å². The third-order valence-corrected chi connectivity index (χ3v) is 4.74. The molecule has 0 saturated carbocycles. The first-order chi connectivity index (χ1) is 11.0. The molecule has 1 rings (SSSR count). The second-order valence-electron chi connectivity index (χ2n) is 5.97. The summed E-state index contributed by atoms with van der Waals surface area (Å²) in [5.41, 5.74) is 0.590. The predicted molar refractivity (Wildman–Crippen MR) is 89.7 cm³/mol. The zero-order valence-corrected chi connectivity index (χ0v) is 14.8. The molecule has 0 aliphatic heterocycles. The standard InChI is InChI=1S/C18H30NO4/c1-5-19(6-2,7-3)12-13-22-18(21)17-10-8-16(9-11-17)14-23-15(4)20/h8,10-11,16H,5-7,9,12-14H2,1-4H3/q+1. The third-order valence-electron chi connectivity index (χ3n) is 4.74. The zero-order valence-electron chi connectivity index (χ0n) is 14.8. The number of allylic oxidation sites excluding steroid dienone is 1. The molecule has 1 aliphatic carbocycles. The van der Waals surface area contributed by atoms with Crippen LogP contribution in [-0.2, 0) is 19.1 Å². The number of carbonyl (C=O) groups is 2. The molecule has 0 bridgehead atoms. The second-order valence-corrected chi connectivity index (χ2v) is 5.97. The van der Waals surface area contributed by atoms with Gasteiger partial charge in [0, 0.05) is 12.8 Å². The molecule has 0 N–H and O–H groups in total. The van der Waals surface area contributed by atoms with Crippen LogP contribution in [0.2, 0.25) is 0 Å². The van der Waals surface area contributed by atoms with Crippen LogP contribution >= 0.6 is 0 Å². The molecule has 1 atom stereocenters. The molecule has 23 heavy (non-hydrogen) atoms. The minimum atomic E-state index is -0.281. The van der Waals surface area contributed by atoms with E-state index in [1.165, 1.54) is 6.92 Å². The van der Waals surface area contributed by atoms with E-state index in [4.69, 9.17) is 9.47 Å². The van der Waals surface area contributed by atoms with Gasteiger partial charge in [-0.25, -0.2) is 4.79 Å². The number of rotatable bonds is 9. The molecular weight excluding hydrogens is 294 g/mol. The van der Waals surface area contributed by atoms with Crippen molar-refractivity contribution >= 4 is 11.9 Å². The smallest absolute Gasteiger partial charge is 0.337 e. The average Bonchev–Trinajstić information content (AvgIpc) is 2.57. The number of nitrogens with zero attached hydrogens (tertiary/aromatic N) is 1. The number of hydrogen-bond acceptors (Lipinski definition) is 4. The summed E-state index contributed by atoms with van der Waals surface area (Å²) in [7, 11) is 0. The summed E-state index contributed by atoms with van der Waals surface area (Å²) in [6.07, 6.45) is 6.22. The van der Waals surface area contributed by atoms with E-state index in [2.05, 4.69) is 20.8 Å². The van der Waals surface area contributed by atoms with Gasteiger partial charge in [0.05, 0.1) is 31.8 Å². The molecular formula is C18H30NO4+. The maximum Gasteiger partial charge on any atom is 0.337 e. The Labute approximate surface area is 139 Å². The van der Waals surface area contributed by atoms with Crippen molar-refractivity contribution < 1.29 is 23.5 Å². The first-order valence-corrected chi connectivity index (χ1v) is 8.50. The molecule has 1 aliphatic rings. The molecule has 1 unspecified atom stereocenters. The molecule has 0 radical (unpaired) electrons. The number of carbonyl (C=O) groups excluding carboxylic acids is 2. The van der Waals surface area contributed by atoms with Crippen LogP contribution in [0.1, 0.15) is 34.1 Å². The van der Waals surface area contributed by atoms with Gasteiger partial charge in [-0.2, -0.15) is 0 Å². The van der Waals surface area contributed by atoms with Gasteiger partial charge in [-0.1, -0.05) is 18.2 Å². The lowest BCUT2D eigenvalue weighted by molar-refractivity contribution is -0.923.